The van der Waals surface area contributed by atoms with Crippen LogP contribution in [0.1, 0.15) is 11.4 Å². The maximum Gasteiger partial charge on any atom is 0.215 e. The highest BCUT2D eigenvalue weighted by Gasteiger charge is 2.07. The Hall–Kier alpha value is -2.28. The maximum atomic E-state index is 6.09. The molecular weight excluding hydrogens is 397 g/mol. The standard InChI is InChI=1S/C20H23Cl2N5O/c1-26(2)8-6-23-18-4-3-5-20(25-18)28-14-19-24-7-9-27(19)13-15-10-16(21)12-17(22)11-15/h3-5,7,9-12H,6,8,13-14H2,1-2H3,(H,23,25). The Balaban J connectivity index is 1.60. The fourth-order valence-corrected chi connectivity index (χ4v) is 3.23. The number of hydrogen-bond donors (Lipinski definition) is 1. The Kier molecular flexibility index (Phi) is 7.14. The largest absolute Gasteiger partial charge is 0.469 e. The number of likely N-dealkylation sites (N-methyl/N-ethyl adjacent to an activating group) is 1. The summed E-state index contributed by atoms with van der Waals surface area (Å²) >= 11 is 12.2. The lowest BCUT2D eigenvalue weighted by atomic mass is 10.2. The van der Waals surface area contributed by atoms with Gasteiger partial charge in [0, 0.05) is 48.1 Å². The summed E-state index contributed by atoms with van der Waals surface area (Å²) < 4.78 is 7.85. The molecule has 0 atom stereocenters. The van der Waals surface area contributed by atoms with Crippen molar-refractivity contribution in [2.45, 2.75) is 13.2 Å². The molecule has 0 unspecified atom stereocenters. The number of nitrogens with one attached hydrogen (secondary N) is 1. The van der Waals surface area contributed by atoms with Crippen LogP contribution in [0.15, 0.2) is 48.8 Å². The number of nitrogens with zero attached hydrogens (tertiary/aromatic N) is 4. The van der Waals surface area contributed by atoms with Gasteiger partial charge in [0.15, 0.2) is 0 Å². The third-order valence-corrected chi connectivity index (χ3v) is 4.45. The van der Waals surface area contributed by atoms with Gasteiger partial charge in [-0.3, -0.25) is 0 Å². The maximum absolute atomic E-state index is 6.09. The second-order valence-corrected chi connectivity index (χ2v) is 7.50. The van der Waals surface area contributed by atoms with Crippen molar-refractivity contribution in [1.82, 2.24) is 19.4 Å². The summed E-state index contributed by atoms with van der Waals surface area (Å²) in [5.41, 5.74) is 1.00. The predicted molar refractivity (Wildman–Crippen MR) is 113 cm³/mol. The van der Waals surface area contributed by atoms with Crippen molar-refractivity contribution in [3.8, 4) is 5.88 Å². The van der Waals surface area contributed by atoms with Crippen molar-refractivity contribution in [2.24, 2.45) is 0 Å². The highest BCUT2D eigenvalue weighted by atomic mass is 35.5. The second-order valence-electron chi connectivity index (χ2n) is 6.63. The number of benzene rings is 1. The van der Waals surface area contributed by atoms with Gasteiger partial charge in [0.25, 0.3) is 0 Å². The molecule has 0 fully saturated rings. The average molecular weight is 420 g/mol. The zero-order chi connectivity index (χ0) is 19.9. The molecule has 0 amide bonds. The second kappa shape index (κ2) is 9.78. The van der Waals surface area contributed by atoms with Gasteiger partial charge in [-0.2, -0.15) is 4.98 Å². The minimum Gasteiger partial charge on any atom is -0.469 e. The molecule has 148 valence electrons. The van der Waals surface area contributed by atoms with E-state index in [9.17, 15) is 0 Å². The number of anilines is 1. The summed E-state index contributed by atoms with van der Waals surface area (Å²) in [6.07, 6.45) is 3.65. The van der Waals surface area contributed by atoms with Crippen LogP contribution in [0.3, 0.4) is 0 Å². The van der Waals surface area contributed by atoms with E-state index in [0.29, 0.717) is 29.1 Å². The molecule has 1 aromatic carbocycles. The van der Waals surface area contributed by atoms with E-state index in [-0.39, 0.29) is 0 Å². The SMILES string of the molecule is CN(C)CCNc1cccc(OCc2nccn2Cc2cc(Cl)cc(Cl)c2)n1. The van der Waals surface area contributed by atoms with Crippen LogP contribution < -0.4 is 10.1 Å². The Morgan fingerprint density at radius 3 is 2.68 bits per heavy atom. The number of rotatable bonds is 9. The first kappa shape index (κ1) is 20.5. The summed E-state index contributed by atoms with van der Waals surface area (Å²) in [4.78, 5) is 11.0. The molecule has 28 heavy (non-hydrogen) atoms. The predicted octanol–water partition coefficient (Wildman–Crippen LogP) is 4.19. The van der Waals surface area contributed by atoms with E-state index >= 15 is 0 Å². The fourth-order valence-electron chi connectivity index (χ4n) is 2.66. The van der Waals surface area contributed by atoms with Gasteiger partial charge in [0.05, 0.1) is 0 Å². The van der Waals surface area contributed by atoms with Gasteiger partial charge in [0.1, 0.15) is 18.2 Å². The molecule has 0 saturated heterocycles. The Morgan fingerprint density at radius 2 is 1.93 bits per heavy atom. The molecule has 2 aromatic heterocycles. The number of halogens is 2. The summed E-state index contributed by atoms with van der Waals surface area (Å²) in [7, 11) is 4.07. The Labute approximate surface area is 175 Å². The molecule has 0 radical (unpaired) electrons. The minimum atomic E-state index is 0.315. The topological polar surface area (TPSA) is 55.2 Å². The smallest absolute Gasteiger partial charge is 0.215 e. The van der Waals surface area contributed by atoms with E-state index < -0.39 is 0 Å². The van der Waals surface area contributed by atoms with Crippen molar-refractivity contribution in [2.75, 3.05) is 32.5 Å². The Morgan fingerprint density at radius 1 is 1.14 bits per heavy atom. The van der Waals surface area contributed by atoms with E-state index in [0.717, 1.165) is 30.3 Å². The number of hydrogen-bond acceptors (Lipinski definition) is 5. The third-order valence-electron chi connectivity index (χ3n) is 4.01. The highest BCUT2D eigenvalue weighted by molar-refractivity contribution is 6.34. The molecule has 0 aliphatic rings. The van der Waals surface area contributed by atoms with Crippen LogP contribution in [0.5, 0.6) is 5.88 Å². The number of aromatic nitrogens is 3. The van der Waals surface area contributed by atoms with Crippen molar-refractivity contribution in [3.05, 3.63) is 70.2 Å². The van der Waals surface area contributed by atoms with Crippen molar-refractivity contribution in [3.63, 3.8) is 0 Å². The molecule has 0 aliphatic carbocycles. The molecular formula is C20H23Cl2N5O. The molecule has 6 nitrogen and oxygen atoms in total. The number of imidazole rings is 1. The van der Waals surface area contributed by atoms with E-state index in [1.165, 1.54) is 0 Å². The molecule has 8 heteroatoms. The van der Waals surface area contributed by atoms with E-state index in [4.69, 9.17) is 27.9 Å². The summed E-state index contributed by atoms with van der Waals surface area (Å²) in [5, 5.41) is 4.51. The van der Waals surface area contributed by atoms with E-state index in [1.807, 2.05) is 55.2 Å². The normalized spacial score (nSPS) is 11.0. The van der Waals surface area contributed by atoms with Gasteiger partial charge >= 0.3 is 0 Å². The van der Waals surface area contributed by atoms with Gasteiger partial charge in [0.2, 0.25) is 5.88 Å². The molecule has 3 rings (SSSR count). The molecule has 3 aromatic rings. The zero-order valence-corrected chi connectivity index (χ0v) is 17.4. The molecule has 0 saturated carbocycles. The van der Waals surface area contributed by atoms with Crippen LogP contribution in [0.25, 0.3) is 0 Å². The van der Waals surface area contributed by atoms with Gasteiger partial charge in [-0.15, -0.1) is 0 Å². The first-order valence-electron chi connectivity index (χ1n) is 8.93. The van der Waals surface area contributed by atoms with Gasteiger partial charge in [-0.1, -0.05) is 29.3 Å². The van der Waals surface area contributed by atoms with E-state index in [2.05, 4.69) is 20.2 Å². The number of pyridine rings is 1. The fraction of sp³-hybridized carbons (Fsp3) is 0.300. The van der Waals surface area contributed by atoms with Crippen LogP contribution in [0, 0.1) is 0 Å². The first-order chi connectivity index (χ1) is 13.5. The van der Waals surface area contributed by atoms with Crippen LogP contribution in [0.4, 0.5) is 5.82 Å². The van der Waals surface area contributed by atoms with Crippen LogP contribution >= 0.6 is 23.2 Å². The summed E-state index contributed by atoms with van der Waals surface area (Å²) in [6.45, 7) is 2.67. The third kappa shape index (κ3) is 6.12. The van der Waals surface area contributed by atoms with E-state index in [1.54, 1.807) is 12.3 Å². The molecule has 2 heterocycles. The summed E-state index contributed by atoms with van der Waals surface area (Å²) in [6, 6.07) is 11.2. The van der Waals surface area contributed by atoms with Crippen molar-refractivity contribution < 1.29 is 4.74 Å². The highest BCUT2D eigenvalue weighted by Crippen LogP contribution is 2.20. The van der Waals surface area contributed by atoms with Gasteiger partial charge < -0.3 is 19.5 Å². The molecule has 0 bridgehead atoms. The quantitative estimate of drug-likeness (QED) is 0.563. The van der Waals surface area contributed by atoms with Crippen molar-refractivity contribution >= 4 is 29.0 Å². The van der Waals surface area contributed by atoms with Crippen LogP contribution in [-0.4, -0.2) is 46.6 Å². The van der Waals surface area contributed by atoms with Crippen molar-refractivity contribution in [1.29, 1.82) is 0 Å². The minimum absolute atomic E-state index is 0.315. The lowest BCUT2D eigenvalue weighted by Gasteiger charge is -2.12. The molecule has 0 aliphatic heterocycles. The lowest BCUT2D eigenvalue weighted by Crippen LogP contribution is -2.21. The lowest BCUT2D eigenvalue weighted by molar-refractivity contribution is 0.279. The molecule has 1 N–H and O–H groups in total. The number of ether oxygens (including phenoxy) is 1. The van der Waals surface area contributed by atoms with Gasteiger partial charge in [-0.05, 0) is 43.9 Å². The summed E-state index contributed by atoms with van der Waals surface area (Å²) in [5.74, 6) is 2.13. The average Bonchev–Trinajstić information content (AvgIpc) is 3.06. The van der Waals surface area contributed by atoms with Crippen LogP contribution in [-0.2, 0) is 13.2 Å². The van der Waals surface area contributed by atoms with Crippen LogP contribution in [0.2, 0.25) is 10.0 Å². The monoisotopic (exact) mass is 419 g/mol. The molecule has 0 spiro atoms. The zero-order valence-electron chi connectivity index (χ0n) is 15.9. The van der Waals surface area contributed by atoms with Gasteiger partial charge in [-0.25, -0.2) is 4.98 Å². The first-order valence-corrected chi connectivity index (χ1v) is 9.68. The Bertz CT molecular complexity index is 893.